The molecule has 1 aromatic heterocycles. The van der Waals surface area contributed by atoms with Crippen molar-refractivity contribution < 1.29 is 32.4 Å². The van der Waals surface area contributed by atoms with E-state index in [2.05, 4.69) is 14.7 Å². The number of nitrogens with zero attached hydrogens (tertiary/aromatic N) is 3. The molecule has 0 bridgehead atoms. The predicted molar refractivity (Wildman–Crippen MR) is 73.6 cm³/mol. The summed E-state index contributed by atoms with van der Waals surface area (Å²) in [6, 6.07) is 6.00. The molecule has 0 spiro atoms. The molecule has 130 valence electrons. The third-order valence-corrected chi connectivity index (χ3v) is 3.02. The van der Waals surface area contributed by atoms with Gasteiger partial charge in [-0.1, -0.05) is 29.4 Å². The van der Waals surface area contributed by atoms with Gasteiger partial charge in [-0.3, -0.25) is 10.0 Å². The highest BCUT2D eigenvalue weighted by molar-refractivity contribution is 5.75. The van der Waals surface area contributed by atoms with Crippen LogP contribution in [-0.2, 0) is 22.3 Å². The van der Waals surface area contributed by atoms with E-state index in [1.807, 2.05) is 0 Å². The maximum atomic E-state index is 12.4. The molecule has 0 aliphatic heterocycles. The maximum Gasteiger partial charge on any atom is 0.471 e. The van der Waals surface area contributed by atoms with Crippen LogP contribution in [0.4, 0.5) is 13.2 Å². The number of aromatic nitrogens is 2. The number of carbonyl (C=O) groups excluding carboxylic acids is 1. The number of amides is 1. The molecule has 0 saturated heterocycles. The number of halogens is 3. The molecule has 0 fully saturated rings. The lowest BCUT2D eigenvalue weighted by Crippen LogP contribution is -2.27. The fraction of sp³-hybridized carbons (Fsp3) is 0.357. The zero-order chi connectivity index (χ0) is 17.7. The van der Waals surface area contributed by atoms with E-state index < -0.39 is 18.0 Å². The van der Waals surface area contributed by atoms with Gasteiger partial charge in [-0.25, -0.2) is 5.06 Å². The van der Waals surface area contributed by atoms with E-state index in [0.717, 1.165) is 0 Å². The highest BCUT2D eigenvalue weighted by Crippen LogP contribution is 2.29. The van der Waals surface area contributed by atoms with Crippen LogP contribution < -0.4 is 0 Å². The summed E-state index contributed by atoms with van der Waals surface area (Å²) in [7, 11) is 1.44. The monoisotopic (exact) mass is 345 g/mol. The average Bonchev–Trinajstić information content (AvgIpc) is 3.03. The van der Waals surface area contributed by atoms with Gasteiger partial charge in [-0.05, 0) is 5.56 Å². The van der Waals surface area contributed by atoms with Gasteiger partial charge in [-0.15, -0.1) is 0 Å². The lowest BCUT2D eigenvalue weighted by Gasteiger charge is -2.14. The first-order valence-corrected chi connectivity index (χ1v) is 6.79. The second kappa shape index (κ2) is 7.41. The van der Waals surface area contributed by atoms with Gasteiger partial charge >= 0.3 is 12.1 Å². The second-order valence-corrected chi connectivity index (χ2v) is 4.81. The Kier molecular flexibility index (Phi) is 5.52. The molecular weight excluding hydrogens is 331 g/mol. The standard InChI is InChI=1S/C14H14F3N3O4/c1-23-7-6-11(21)20(22)8-9-2-4-10(5-3-9)12-18-13(24-19-12)14(15,16)17/h2-5,22H,6-8H2,1H3. The Morgan fingerprint density at radius 2 is 2.00 bits per heavy atom. The smallest absolute Gasteiger partial charge is 0.384 e. The highest BCUT2D eigenvalue weighted by atomic mass is 19.4. The van der Waals surface area contributed by atoms with E-state index in [4.69, 9.17) is 4.74 Å². The van der Waals surface area contributed by atoms with Crippen molar-refractivity contribution in [1.82, 2.24) is 15.2 Å². The summed E-state index contributed by atoms with van der Waals surface area (Å²) < 4.78 is 46.2. The van der Waals surface area contributed by atoms with E-state index in [1.165, 1.54) is 31.4 Å². The molecule has 2 aromatic rings. The van der Waals surface area contributed by atoms with E-state index in [9.17, 15) is 23.2 Å². The molecule has 1 N–H and O–H groups in total. The summed E-state index contributed by atoms with van der Waals surface area (Å²) in [5, 5.41) is 13.5. The largest absolute Gasteiger partial charge is 0.471 e. The maximum absolute atomic E-state index is 12.4. The molecule has 7 nitrogen and oxygen atoms in total. The number of carbonyl (C=O) groups is 1. The van der Waals surface area contributed by atoms with E-state index in [-0.39, 0.29) is 25.4 Å². The number of methoxy groups -OCH3 is 1. The van der Waals surface area contributed by atoms with Gasteiger partial charge in [-0.2, -0.15) is 18.2 Å². The SMILES string of the molecule is COCCC(=O)N(O)Cc1ccc(-c2noc(C(F)(F)F)n2)cc1. The first kappa shape index (κ1) is 17.9. The Bertz CT molecular complexity index is 685. The minimum absolute atomic E-state index is 0.0359. The molecule has 0 atom stereocenters. The highest BCUT2D eigenvalue weighted by Gasteiger charge is 2.38. The molecule has 0 unspecified atom stereocenters. The number of benzene rings is 1. The molecule has 0 aliphatic carbocycles. The summed E-state index contributed by atoms with van der Waals surface area (Å²) >= 11 is 0. The van der Waals surface area contributed by atoms with Crippen LogP contribution in [0, 0.1) is 0 Å². The van der Waals surface area contributed by atoms with Gasteiger partial charge in [0.25, 0.3) is 0 Å². The first-order chi connectivity index (χ1) is 11.3. The Labute approximate surface area is 134 Å². The molecule has 0 aliphatic rings. The van der Waals surface area contributed by atoms with Crippen molar-refractivity contribution in [2.75, 3.05) is 13.7 Å². The minimum Gasteiger partial charge on any atom is -0.384 e. The van der Waals surface area contributed by atoms with Crippen molar-refractivity contribution in [3.63, 3.8) is 0 Å². The van der Waals surface area contributed by atoms with Crippen LogP contribution in [0.5, 0.6) is 0 Å². The summed E-state index contributed by atoms with van der Waals surface area (Å²) in [5.74, 6) is -2.13. The van der Waals surface area contributed by atoms with Gasteiger partial charge in [0.15, 0.2) is 0 Å². The van der Waals surface area contributed by atoms with Crippen LogP contribution in [0.25, 0.3) is 11.4 Å². The third kappa shape index (κ3) is 4.52. The first-order valence-electron chi connectivity index (χ1n) is 6.79. The number of hydrogen-bond acceptors (Lipinski definition) is 6. The quantitative estimate of drug-likeness (QED) is 0.639. The Balaban J connectivity index is 2.03. The molecule has 10 heteroatoms. The average molecular weight is 345 g/mol. The fourth-order valence-electron chi connectivity index (χ4n) is 1.79. The van der Waals surface area contributed by atoms with Crippen molar-refractivity contribution in [2.45, 2.75) is 19.1 Å². The van der Waals surface area contributed by atoms with Crippen molar-refractivity contribution in [1.29, 1.82) is 0 Å². The molecule has 1 amide bonds. The van der Waals surface area contributed by atoms with Crippen LogP contribution in [0.1, 0.15) is 17.9 Å². The molecule has 1 heterocycles. The molecule has 1 aromatic carbocycles. The number of hydroxylamine groups is 2. The lowest BCUT2D eigenvalue weighted by molar-refractivity contribution is -0.168. The van der Waals surface area contributed by atoms with E-state index in [0.29, 0.717) is 16.2 Å². The summed E-state index contributed by atoms with van der Waals surface area (Å²) in [6.45, 7) is 0.122. The zero-order valence-electron chi connectivity index (χ0n) is 12.6. The van der Waals surface area contributed by atoms with Crippen LogP contribution in [-0.4, -0.2) is 40.0 Å². The summed E-state index contributed by atoms with van der Waals surface area (Å²) in [5.41, 5.74) is 0.889. The zero-order valence-corrected chi connectivity index (χ0v) is 12.6. The number of ether oxygens (including phenoxy) is 1. The molecule has 2 rings (SSSR count). The minimum atomic E-state index is -4.70. The van der Waals surface area contributed by atoms with Crippen LogP contribution in [0.3, 0.4) is 0 Å². The molecule has 0 radical (unpaired) electrons. The van der Waals surface area contributed by atoms with Crippen LogP contribution in [0.15, 0.2) is 28.8 Å². The third-order valence-electron chi connectivity index (χ3n) is 3.02. The van der Waals surface area contributed by atoms with Gasteiger partial charge in [0.1, 0.15) is 0 Å². The molecule has 24 heavy (non-hydrogen) atoms. The Morgan fingerprint density at radius 1 is 1.33 bits per heavy atom. The van der Waals surface area contributed by atoms with Gasteiger partial charge in [0, 0.05) is 12.7 Å². The fourth-order valence-corrected chi connectivity index (χ4v) is 1.79. The normalized spacial score (nSPS) is 11.5. The molecule has 0 saturated carbocycles. The lowest BCUT2D eigenvalue weighted by atomic mass is 10.1. The van der Waals surface area contributed by atoms with Crippen molar-refractivity contribution in [3.8, 4) is 11.4 Å². The topological polar surface area (TPSA) is 88.7 Å². The van der Waals surface area contributed by atoms with Crippen molar-refractivity contribution >= 4 is 5.91 Å². The predicted octanol–water partition coefficient (Wildman–Crippen LogP) is 2.51. The number of rotatable bonds is 6. The van der Waals surface area contributed by atoms with Crippen molar-refractivity contribution in [3.05, 3.63) is 35.7 Å². The molecular formula is C14H14F3N3O4. The Hall–Kier alpha value is -2.46. The van der Waals surface area contributed by atoms with E-state index >= 15 is 0 Å². The number of hydrogen-bond donors (Lipinski definition) is 1. The second-order valence-electron chi connectivity index (χ2n) is 4.81. The van der Waals surface area contributed by atoms with Gasteiger partial charge < -0.3 is 9.26 Å². The summed E-state index contributed by atoms with van der Waals surface area (Å²) in [4.78, 5) is 14.8. The van der Waals surface area contributed by atoms with Gasteiger partial charge in [0.2, 0.25) is 11.7 Å². The van der Waals surface area contributed by atoms with Crippen LogP contribution >= 0.6 is 0 Å². The summed E-state index contributed by atoms with van der Waals surface area (Å²) in [6.07, 6.45) is -4.67. The number of alkyl halides is 3. The van der Waals surface area contributed by atoms with Crippen LogP contribution in [0.2, 0.25) is 0 Å². The van der Waals surface area contributed by atoms with Gasteiger partial charge in [0.05, 0.1) is 19.6 Å². The van der Waals surface area contributed by atoms with E-state index in [1.54, 1.807) is 0 Å². The van der Waals surface area contributed by atoms with Crippen molar-refractivity contribution in [2.24, 2.45) is 0 Å². The Morgan fingerprint density at radius 3 is 2.54 bits per heavy atom.